The normalized spacial score (nSPS) is 15.9. The Morgan fingerprint density at radius 2 is 1.83 bits per heavy atom. The van der Waals surface area contributed by atoms with Crippen molar-refractivity contribution in [1.29, 1.82) is 0 Å². The van der Waals surface area contributed by atoms with Gasteiger partial charge in [-0.25, -0.2) is 4.98 Å². The minimum absolute atomic E-state index is 0.0773. The smallest absolute Gasteiger partial charge is 0.395 e. The van der Waals surface area contributed by atoms with Crippen LogP contribution in [0.2, 0.25) is 5.02 Å². The number of alkyl halides is 3. The summed E-state index contributed by atoms with van der Waals surface area (Å²) in [6.45, 7) is 5.04. The van der Waals surface area contributed by atoms with Crippen LogP contribution in [0, 0.1) is 6.92 Å². The number of anilines is 1. The molecule has 1 aliphatic rings. The molecule has 0 bridgehead atoms. The van der Waals surface area contributed by atoms with E-state index in [-0.39, 0.29) is 28.4 Å². The second-order valence-electron chi connectivity index (χ2n) is 7.24. The molecule has 160 valence electrons. The lowest BCUT2D eigenvalue weighted by molar-refractivity contribution is -0.140. The SMILES string of the molecule is Cc1cc(N2CCN(CCO)CC2)n2nc(C(F)(F)F)c(-c3ccccc3Cl)c2n1. The van der Waals surface area contributed by atoms with Crippen LogP contribution < -0.4 is 4.90 Å². The fourth-order valence-electron chi connectivity index (χ4n) is 3.80. The lowest BCUT2D eigenvalue weighted by Crippen LogP contribution is -2.47. The van der Waals surface area contributed by atoms with E-state index in [1.54, 1.807) is 37.3 Å². The van der Waals surface area contributed by atoms with Crippen LogP contribution in [0.5, 0.6) is 0 Å². The second-order valence-corrected chi connectivity index (χ2v) is 7.65. The van der Waals surface area contributed by atoms with Gasteiger partial charge in [0.1, 0.15) is 5.82 Å². The molecule has 0 radical (unpaired) electrons. The second kappa shape index (κ2) is 8.05. The molecule has 30 heavy (non-hydrogen) atoms. The number of aliphatic hydroxyl groups is 1. The molecule has 3 aromatic rings. The number of halogens is 4. The van der Waals surface area contributed by atoms with Crippen molar-refractivity contribution in [3.8, 4) is 11.1 Å². The van der Waals surface area contributed by atoms with Crippen molar-refractivity contribution in [3.05, 3.63) is 46.7 Å². The summed E-state index contributed by atoms with van der Waals surface area (Å²) in [5, 5.41) is 13.3. The van der Waals surface area contributed by atoms with Gasteiger partial charge in [0, 0.05) is 55.1 Å². The van der Waals surface area contributed by atoms with Crippen LogP contribution >= 0.6 is 11.6 Å². The highest BCUT2D eigenvalue weighted by Gasteiger charge is 2.40. The first-order chi connectivity index (χ1) is 14.3. The Kier molecular flexibility index (Phi) is 5.61. The van der Waals surface area contributed by atoms with Crippen LogP contribution in [-0.4, -0.2) is 63.9 Å². The van der Waals surface area contributed by atoms with Crippen LogP contribution in [0.15, 0.2) is 30.3 Å². The Balaban J connectivity index is 1.88. The highest BCUT2D eigenvalue weighted by Crippen LogP contribution is 2.41. The lowest BCUT2D eigenvalue weighted by atomic mass is 10.1. The first kappa shape index (κ1) is 20.9. The number of β-amino-alcohol motifs (C(OH)–C–C–N with tert-alkyl or cyclic N) is 1. The Bertz CT molecular complexity index is 1060. The van der Waals surface area contributed by atoms with Crippen LogP contribution in [-0.2, 0) is 6.18 Å². The number of piperazine rings is 1. The molecule has 1 saturated heterocycles. The highest BCUT2D eigenvalue weighted by molar-refractivity contribution is 6.33. The van der Waals surface area contributed by atoms with Gasteiger partial charge in [-0.05, 0) is 13.0 Å². The quantitative estimate of drug-likeness (QED) is 0.674. The van der Waals surface area contributed by atoms with E-state index in [9.17, 15) is 13.2 Å². The summed E-state index contributed by atoms with van der Waals surface area (Å²) >= 11 is 6.24. The molecule has 1 fully saturated rings. The van der Waals surface area contributed by atoms with Gasteiger partial charge in [0.25, 0.3) is 0 Å². The predicted octanol–water partition coefficient (Wildman–Crippen LogP) is 3.49. The number of hydrogen-bond donors (Lipinski definition) is 1. The Hall–Kier alpha value is -2.36. The van der Waals surface area contributed by atoms with Crippen molar-refractivity contribution in [2.75, 3.05) is 44.2 Å². The van der Waals surface area contributed by atoms with E-state index in [1.807, 2.05) is 4.90 Å². The fraction of sp³-hybridized carbons (Fsp3) is 0.400. The molecular formula is C20H21ClF3N5O. The van der Waals surface area contributed by atoms with Crippen LogP contribution in [0.25, 0.3) is 16.8 Å². The highest BCUT2D eigenvalue weighted by atomic mass is 35.5. The van der Waals surface area contributed by atoms with E-state index >= 15 is 0 Å². The first-order valence-electron chi connectivity index (χ1n) is 9.60. The van der Waals surface area contributed by atoms with Crippen molar-refractivity contribution in [2.24, 2.45) is 0 Å². The molecule has 2 aromatic heterocycles. The molecular weight excluding hydrogens is 419 g/mol. The number of aliphatic hydroxyl groups excluding tert-OH is 1. The predicted molar refractivity (Wildman–Crippen MR) is 109 cm³/mol. The van der Waals surface area contributed by atoms with Crippen molar-refractivity contribution >= 4 is 23.1 Å². The average Bonchev–Trinajstić information content (AvgIpc) is 3.08. The van der Waals surface area contributed by atoms with Gasteiger partial charge < -0.3 is 10.0 Å². The van der Waals surface area contributed by atoms with E-state index in [1.165, 1.54) is 4.52 Å². The molecule has 10 heteroatoms. The molecule has 0 amide bonds. The molecule has 0 spiro atoms. The van der Waals surface area contributed by atoms with E-state index in [4.69, 9.17) is 16.7 Å². The largest absolute Gasteiger partial charge is 0.435 e. The number of rotatable bonds is 4. The minimum atomic E-state index is -4.66. The summed E-state index contributed by atoms with van der Waals surface area (Å²) in [6.07, 6.45) is -4.66. The summed E-state index contributed by atoms with van der Waals surface area (Å²) in [6, 6.07) is 8.16. The standard InChI is InChI=1S/C20H21ClF3N5O/c1-13-12-16(28-8-6-27(7-9-28)10-11-30)29-19(25-13)17(18(26-29)20(22,23)24)14-4-2-3-5-15(14)21/h2-5,12,30H,6-11H2,1H3. The van der Waals surface area contributed by atoms with Crippen molar-refractivity contribution in [3.63, 3.8) is 0 Å². The maximum atomic E-state index is 13.9. The summed E-state index contributed by atoms with van der Waals surface area (Å²) in [7, 11) is 0. The van der Waals surface area contributed by atoms with Crippen LogP contribution in [0.1, 0.15) is 11.4 Å². The molecule has 0 atom stereocenters. The molecule has 3 heterocycles. The van der Waals surface area contributed by atoms with E-state index < -0.39 is 11.9 Å². The molecule has 0 aliphatic carbocycles. The van der Waals surface area contributed by atoms with E-state index in [0.717, 1.165) is 0 Å². The molecule has 1 N–H and O–H groups in total. The van der Waals surface area contributed by atoms with Crippen LogP contribution in [0.3, 0.4) is 0 Å². The number of hydrogen-bond acceptors (Lipinski definition) is 5. The zero-order valence-corrected chi connectivity index (χ0v) is 17.1. The molecule has 1 aliphatic heterocycles. The molecule has 0 unspecified atom stereocenters. The third kappa shape index (κ3) is 3.84. The van der Waals surface area contributed by atoms with E-state index in [0.29, 0.717) is 44.2 Å². The van der Waals surface area contributed by atoms with Gasteiger partial charge in [0.15, 0.2) is 11.3 Å². The van der Waals surface area contributed by atoms with Crippen molar-refractivity contribution < 1.29 is 18.3 Å². The summed E-state index contributed by atoms with van der Waals surface area (Å²) in [5.41, 5.74) is -0.149. The number of benzene rings is 1. The molecule has 6 nitrogen and oxygen atoms in total. The van der Waals surface area contributed by atoms with Gasteiger partial charge >= 0.3 is 6.18 Å². The number of aromatic nitrogens is 3. The molecule has 0 saturated carbocycles. The zero-order chi connectivity index (χ0) is 21.5. The van der Waals surface area contributed by atoms with Gasteiger partial charge in [-0.3, -0.25) is 4.90 Å². The fourth-order valence-corrected chi connectivity index (χ4v) is 4.03. The number of fused-ring (bicyclic) bond motifs is 1. The summed E-state index contributed by atoms with van der Waals surface area (Å²) < 4.78 is 43.0. The lowest BCUT2D eigenvalue weighted by Gasteiger charge is -2.35. The summed E-state index contributed by atoms with van der Waals surface area (Å²) in [4.78, 5) is 8.51. The number of aryl methyl sites for hydroxylation is 1. The maximum absolute atomic E-state index is 13.9. The first-order valence-corrected chi connectivity index (χ1v) is 9.98. The third-order valence-electron chi connectivity index (χ3n) is 5.22. The van der Waals surface area contributed by atoms with Gasteiger partial charge in [0.2, 0.25) is 0 Å². The van der Waals surface area contributed by atoms with Gasteiger partial charge in [-0.1, -0.05) is 29.8 Å². The molecule has 4 rings (SSSR count). The Morgan fingerprint density at radius 1 is 1.13 bits per heavy atom. The topological polar surface area (TPSA) is 56.9 Å². The Labute approximate surface area is 176 Å². The monoisotopic (exact) mass is 439 g/mol. The van der Waals surface area contributed by atoms with Gasteiger partial charge in [-0.15, -0.1) is 0 Å². The van der Waals surface area contributed by atoms with Crippen LogP contribution in [0.4, 0.5) is 19.0 Å². The minimum Gasteiger partial charge on any atom is -0.395 e. The summed E-state index contributed by atoms with van der Waals surface area (Å²) in [5.74, 6) is 0.560. The van der Waals surface area contributed by atoms with E-state index in [2.05, 4.69) is 15.0 Å². The van der Waals surface area contributed by atoms with Crippen molar-refractivity contribution in [1.82, 2.24) is 19.5 Å². The Morgan fingerprint density at radius 3 is 2.47 bits per heavy atom. The number of nitrogens with zero attached hydrogens (tertiary/aromatic N) is 5. The average molecular weight is 440 g/mol. The third-order valence-corrected chi connectivity index (χ3v) is 5.55. The maximum Gasteiger partial charge on any atom is 0.435 e. The van der Waals surface area contributed by atoms with Gasteiger partial charge in [-0.2, -0.15) is 22.8 Å². The zero-order valence-electron chi connectivity index (χ0n) is 16.3. The van der Waals surface area contributed by atoms with Crippen molar-refractivity contribution in [2.45, 2.75) is 13.1 Å². The molecule has 1 aromatic carbocycles. The van der Waals surface area contributed by atoms with Gasteiger partial charge in [0.05, 0.1) is 12.2 Å².